The van der Waals surface area contributed by atoms with Gasteiger partial charge in [0.2, 0.25) is 0 Å². The minimum Gasteiger partial charge on any atom is -0.497 e. The number of nitrogens with zero attached hydrogens (tertiary/aromatic N) is 1. The molecular formula is C18H27NO5. The van der Waals surface area contributed by atoms with E-state index in [1.165, 1.54) is 0 Å². The molecule has 1 atom stereocenters. The number of esters is 1. The molecule has 6 nitrogen and oxygen atoms in total. The van der Waals surface area contributed by atoms with E-state index in [0.717, 1.165) is 31.7 Å². The SMILES string of the molecule is CCOC(=O)C1CCN(C[C@@H](O)COc2ccc(OC)cc2)CC1. The van der Waals surface area contributed by atoms with Crippen molar-refractivity contribution in [2.45, 2.75) is 25.9 Å². The van der Waals surface area contributed by atoms with Crippen molar-refractivity contribution in [3.8, 4) is 11.5 Å². The third-order valence-corrected chi connectivity index (χ3v) is 4.18. The predicted molar refractivity (Wildman–Crippen MR) is 90.3 cm³/mol. The van der Waals surface area contributed by atoms with Crippen LogP contribution in [0.4, 0.5) is 0 Å². The lowest BCUT2D eigenvalue weighted by Gasteiger charge is -2.32. The Morgan fingerprint density at radius 2 is 1.88 bits per heavy atom. The molecule has 1 aromatic rings. The topological polar surface area (TPSA) is 68.2 Å². The zero-order chi connectivity index (χ0) is 17.4. The molecule has 0 amide bonds. The van der Waals surface area contributed by atoms with E-state index in [2.05, 4.69) is 4.90 Å². The first-order chi connectivity index (χ1) is 11.6. The second-order valence-corrected chi connectivity index (χ2v) is 5.97. The van der Waals surface area contributed by atoms with Gasteiger partial charge in [-0.2, -0.15) is 0 Å². The molecule has 0 radical (unpaired) electrons. The smallest absolute Gasteiger partial charge is 0.309 e. The number of aliphatic hydroxyl groups is 1. The van der Waals surface area contributed by atoms with Crippen LogP contribution in [0.15, 0.2) is 24.3 Å². The van der Waals surface area contributed by atoms with E-state index in [1.807, 2.05) is 31.2 Å². The molecule has 134 valence electrons. The number of aliphatic hydroxyl groups excluding tert-OH is 1. The van der Waals surface area contributed by atoms with Crippen molar-refractivity contribution in [2.75, 3.05) is 40.0 Å². The van der Waals surface area contributed by atoms with Gasteiger partial charge in [-0.25, -0.2) is 0 Å². The average Bonchev–Trinajstić information content (AvgIpc) is 2.61. The Morgan fingerprint density at radius 1 is 1.25 bits per heavy atom. The Bertz CT molecular complexity index is 497. The van der Waals surface area contributed by atoms with E-state index >= 15 is 0 Å². The molecule has 1 N–H and O–H groups in total. The monoisotopic (exact) mass is 337 g/mol. The van der Waals surface area contributed by atoms with Crippen LogP contribution in [-0.2, 0) is 9.53 Å². The Labute approximate surface area is 143 Å². The second-order valence-electron chi connectivity index (χ2n) is 5.97. The number of ether oxygens (including phenoxy) is 3. The van der Waals surface area contributed by atoms with Gasteiger partial charge in [0.15, 0.2) is 0 Å². The molecular weight excluding hydrogens is 310 g/mol. The summed E-state index contributed by atoms with van der Waals surface area (Å²) in [5, 5.41) is 10.1. The Morgan fingerprint density at radius 3 is 2.46 bits per heavy atom. The van der Waals surface area contributed by atoms with Crippen LogP contribution in [0.2, 0.25) is 0 Å². The number of β-amino-alcohol motifs (C(OH)–C–C–N with tert-alkyl or cyclic N) is 1. The van der Waals surface area contributed by atoms with Crippen LogP contribution in [0.1, 0.15) is 19.8 Å². The predicted octanol–water partition coefficient (Wildman–Crippen LogP) is 1.71. The van der Waals surface area contributed by atoms with Crippen LogP contribution in [0.5, 0.6) is 11.5 Å². The van der Waals surface area contributed by atoms with Crippen LogP contribution in [0.25, 0.3) is 0 Å². The standard InChI is InChI=1S/C18H27NO5/c1-3-23-18(21)14-8-10-19(11-9-14)12-15(20)13-24-17-6-4-16(22-2)5-7-17/h4-7,14-15,20H,3,8-13H2,1-2H3/t15-/m1/s1. The molecule has 1 saturated heterocycles. The largest absolute Gasteiger partial charge is 0.497 e. The Balaban J connectivity index is 1.67. The number of piperidine rings is 1. The fraction of sp³-hybridized carbons (Fsp3) is 0.611. The third kappa shape index (κ3) is 5.69. The van der Waals surface area contributed by atoms with Gasteiger partial charge in [-0.15, -0.1) is 0 Å². The Kier molecular flexibility index (Phi) is 7.34. The summed E-state index contributed by atoms with van der Waals surface area (Å²) in [7, 11) is 1.62. The lowest BCUT2D eigenvalue weighted by Crippen LogP contribution is -2.42. The van der Waals surface area contributed by atoms with Crippen LogP contribution in [0, 0.1) is 5.92 Å². The normalized spacial score (nSPS) is 17.3. The lowest BCUT2D eigenvalue weighted by molar-refractivity contribution is -0.149. The maximum atomic E-state index is 11.7. The van der Waals surface area contributed by atoms with Gasteiger partial charge in [0.1, 0.15) is 24.2 Å². The highest BCUT2D eigenvalue weighted by Gasteiger charge is 2.26. The summed E-state index contributed by atoms with van der Waals surface area (Å²) < 4.78 is 15.8. The molecule has 0 aliphatic carbocycles. The van der Waals surface area contributed by atoms with Gasteiger partial charge in [-0.1, -0.05) is 0 Å². The van der Waals surface area contributed by atoms with Gasteiger partial charge >= 0.3 is 5.97 Å². The van der Waals surface area contributed by atoms with E-state index in [4.69, 9.17) is 14.2 Å². The molecule has 0 spiro atoms. The first-order valence-electron chi connectivity index (χ1n) is 8.46. The summed E-state index contributed by atoms with van der Waals surface area (Å²) in [5.74, 6) is 1.37. The van der Waals surface area contributed by atoms with Crippen molar-refractivity contribution in [2.24, 2.45) is 5.92 Å². The van der Waals surface area contributed by atoms with Crippen molar-refractivity contribution >= 4 is 5.97 Å². The summed E-state index contributed by atoms with van der Waals surface area (Å²) in [4.78, 5) is 13.9. The summed E-state index contributed by atoms with van der Waals surface area (Å²) in [6.45, 7) is 4.63. The summed E-state index contributed by atoms with van der Waals surface area (Å²) >= 11 is 0. The van der Waals surface area contributed by atoms with E-state index in [1.54, 1.807) is 7.11 Å². The van der Waals surface area contributed by atoms with Gasteiger partial charge < -0.3 is 24.2 Å². The molecule has 0 unspecified atom stereocenters. The van der Waals surface area contributed by atoms with Crippen molar-refractivity contribution in [3.63, 3.8) is 0 Å². The first kappa shape index (κ1) is 18.5. The lowest BCUT2D eigenvalue weighted by atomic mass is 9.97. The summed E-state index contributed by atoms with van der Waals surface area (Å²) in [5.41, 5.74) is 0. The molecule has 24 heavy (non-hydrogen) atoms. The zero-order valence-corrected chi connectivity index (χ0v) is 14.4. The van der Waals surface area contributed by atoms with Gasteiger partial charge in [0, 0.05) is 6.54 Å². The number of hydrogen-bond donors (Lipinski definition) is 1. The van der Waals surface area contributed by atoms with Gasteiger partial charge in [0.25, 0.3) is 0 Å². The van der Waals surface area contributed by atoms with Gasteiger partial charge in [0.05, 0.1) is 19.6 Å². The fourth-order valence-corrected chi connectivity index (χ4v) is 2.83. The first-order valence-corrected chi connectivity index (χ1v) is 8.46. The maximum absolute atomic E-state index is 11.7. The van der Waals surface area contributed by atoms with Crippen LogP contribution in [-0.4, -0.2) is 62.0 Å². The molecule has 1 aliphatic rings. The molecule has 0 saturated carbocycles. The number of hydrogen-bond acceptors (Lipinski definition) is 6. The molecule has 0 bridgehead atoms. The van der Waals surface area contributed by atoms with Crippen molar-refractivity contribution in [3.05, 3.63) is 24.3 Å². The van der Waals surface area contributed by atoms with Gasteiger partial charge in [-0.05, 0) is 57.1 Å². The molecule has 1 fully saturated rings. The zero-order valence-electron chi connectivity index (χ0n) is 14.4. The van der Waals surface area contributed by atoms with Crippen LogP contribution < -0.4 is 9.47 Å². The van der Waals surface area contributed by atoms with Crippen molar-refractivity contribution < 1.29 is 24.1 Å². The number of likely N-dealkylation sites (tertiary alicyclic amines) is 1. The summed E-state index contributed by atoms with van der Waals surface area (Å²) in [6.07, 6.45) is 1.00. The van der Waals surface area contributed by atoms with E-state index in [9.17, 15) is 9.90 Å². The van der Waals surface area contributed by atoms with E-state index in [-0.39, 0.29) is 18.5 Å². The maximum Gasteiger partial charge on any atom is 0.309 e. The fourth-order valence-electron chi connectivity index (χ4n) is 2.83. The molecule has 0 aromatic heterocycles. The minimum atomic E-state index is -0.564. The number of benzene rings is 1. The molecule has 2 rings (SSSR count). The van der Waals surface area contributed by atoms with Crippen molar-refractivity contribution in [1.29, 1.82) is 0 Å². The summed E-state index contributed by atoms with van der Waals surface area (Å²) in [6, 6.07) is 7.27. The number of carbonyl (C=O) groups excluding carboxylic acids is 1. The van der Waals surface area contributed by atoms with E-state index < -0.39 is 6.10 Å². The molecule has 1 aromatic carbocycles. The van der Waals surface area contributed by atoms with Crippen LogP contribution in [0.3, 0.4) is 0 Å². The average molecular weight is 337 g/mol. The molecule has 1 aliphatic heterocycles. The van der Waals surface area contributed by atoms with E-state index in [0.29, 0.717) is 18.9 Å². The van der Waals surface area contributed by atoms with Crippen molar-refractivity contribution in [1.82, 2.24) is 4.90 Å². The second kappa shape index (κ2) is 9.49. The van der Waals surface area contributed by atoms with Gasteiger partial charge in [-0.3, -0.25) is 4.79 Å². The third-order valence-electron chi connectivity index (χ3n) is 4.18. The number of carbonyl (C=O) groups is 1. The molecule has 6 heteroatoms. The highest BCUT2D eigenvalue weighted by molar-refractivity contribution is 5.72. The highest BCUT2D eigenvalue weighted by Crippen LogP contribution is 2.20. The number of rotatable bonds is 8. The quantitative estimate of drug-likeness (QED) is 0.729. The number of methoxy groups -OCH3 is 1. The molecule has 1 heterocycles. The highest BCUT2D eigenvalue weighted by atomic mass is 16.5. The minimum absolute atomic E-state index is 0.00566. The Hall–Kier alpha value is -1.79. The van der Waals surface area contributed by atoms with Crippen LogP contribution >= 0.6 is 0 Å².